The monoisotopic (exact) mass is 433 g/mol. The first-order chi connectivity index (χ1) is 15.6. The number of fused-ring (bicyclic) bond motifs is 1. The van der Waals surface area contributed by atoms with Gasteiger partial charge < -0.3 is 15.5 Å². The molecule has 0 spiro atoms. The molecule has 3 N–H and O–H groups in total. The minimum absolute atomic E-state index is 0.115. The van der Waals surface area contributed by atoms with Crippen LogP contribution in [-0.2, 0) is 0 Å². The molecule has 0 amide bonds. The topological polar surface area (TPSA) is 81.2 Å². The molecule has 7 nitrogen and oxygen atoms in total. The molecule has 2 aromatic heterocycles. The highest BCUT2D eigenvalue weighted by Crippen LogP contribution is 2.29. The smallest absolute Gasteiger partial charge is 0.221 e. The average molecular weight is 434 g/mol. The molecule has 1 atom stereocenters. The minimum Gasteiger partial charge on any atom is -0.336 e. The van der Waals surface area contributed by atoms with Crippen molar-refractivity contribution in [3.8, 4) is 0 Å². The average Bonchev–Trinajstić information content (AvgIpc) is 3.28. The Hall–Kier alpha value is -3.26. The summed E-state index contributed by atoms with van der Waals surface area (Å²) in [7, 11) is 0. The molecule has 1 aromatic carbocycles. The molecule has 0 bridgehead atoms. The molecule has 8 heteroatoms. The van der Waals surface area contributed by atoms with Crippen molar-refractivity contribution in [3.05, 3.63) is 60.1 Å². The molecule has 32 heavy (non-hydrogen) atoms. The molecule has 4 heterocycles. The number of hydrogen-bond donors (Lipinski definition) is 3. The Morgan fingerprint density at radius 1 is 1.12 bits per heavy atom. The number of allylic oxidation sites excluding steroid dienone is 1. The fourth-order valence-corrected chi connectivity index (χ4v) is 4.37. The van der Waals surface area contributed by atoms with Gasteiger partial charge in [-0.1, -0.05) is 18.2 Å². The highest BCUT2D eigenvalue weighted by molar-refractivity contribution is 6.20. The Morgan fingerprint density at radius 3 is 2.72 bits per heavy atom. The van der Waals surface area contributed by atoms with Crippen LogP contribution in [-0.4, -0.2) is 51.5 Å². The number of rotatable bonds is 5. The normalized spacial score (nSPS) is 19.9. The van der Waals surface area contributed by atoms with Gasteiger partial charge in [-0.2, -0.15) is 9.49 Å². The summed E-state index contributed by atoms with van der Waals surface area (Å²) in [5.74, 6) is 0.739. The number of benzene rings is 1. The molecular formula is C24H28FN7. The van der Waals surface area contributed by atoms with E-state index in [4.69, 9.17) is 0 Å². The zero-order chi connectivity index (χ0) is 22.1. The van der Waals surface area contributed by atoms with Gasteiger partial charge in [-0.15, -0.1) is 0 Å². The van der Waals surface area contributed by atoms with Crippen LogP contribution >= 0.6 is 0 Å². The number of nitrogens with one attached hydrogen (secondary N) is 3. The molecule has 2 aliphatic heterocycles. The number of halogens is 1. The van der Waals surface area contributed by atoms with Crippen LogP contribution in [0.15, 0.2) is 53.9 Å². The van der Waals surface area contributed by atoms with Crippen molar-refractivity contribution in [1.82, 2.24) is 25.4 Å². The van der Waals surface area contributed by atoms with Gasteiger partial charge in [0.1, 0.15) is 5.82 Å². The summed E-state index contributed by atoms with van der Waals surface area (Å²) in [5, 5.41) is 14.7. The fourth-order valence-electron chi connectivity index (χ4n) is 4.37. The summed E-state index contributed by atoms with van der Waals surface area (Å²) in [6.45, 7) is 6.22. The van der Waals surface area contributed by atoms with E-state index in [1.807, 2.05) is 41.6 Å². The second-order valence-electron chi connectivity index (χ2n) is 8.69. The SMILES string of the molecule is CC(C)N1C=C(c2ccc3cn[nH]c3c2)C(F)=NC1Nc1ccc(C2CCNCC2)cn1. The number of aliphatic imine (C=N–C) groups is 1. The fraction of sp³-hybridized carbons (Fsp3) is 0.375. The van der Waals surface area contributed by atoms with Crippen molar-refractivity contribution < 1.29 is 4.39 Å². The van der Waals surface area contributed by atoms with E-state index in [-0.39, 0.29) is 6.04 Å². The predicted octanol–water partition coefficient (Wildman–Crippen LogP) is 4.25. The lowest BCUT2D eigenvalue weighted by Gasteiger charge is -2.35. The van der Waals surface area contributed by atoms with Crippen molar-refractivity contribution >= 4 is 28.3 Å². The van der Waals surface area contributed by atoms with Gasteiger partial charge in [-0.05, 0) is 69.0 Å². The summed E-state index contributed by atoms with van der Waals surface area (Å²) in [6, 6.07) is 9.93. The highest BCUT2D eigenvalue weighted by atomic mass is 19.1. The predicted molar refractivity (Wildman–Crippen MR) is 126 cm³/mol. The van der Waals surface area contributed by atoms with E-state index in [0.717, 1.165) is 42.4 Å². The van der Waals surface area contributed by atoms with E-state index < -0.39 is 12.3 Å². The first kappa shape index (κ1) is 20.6. The number of pyridine rings is 1. The lowest BCUT2D eigenvalue weighted by Crippen LogP contribution is -2.43. The third kappa shape index (κ3) is 4.10. The highest BCUT2D eigenvalue weighted by Gasteiger charge is 2.27. The largest absolute Gasteiger partial charge is 0.336 e. The molecule has 1 unspecified atom stereocenters. The van der Waals surface area contributed by atoms with E-state index in [2.05, 4.69) is 50.7 Å². The summed E-state index contributed by atoms with van der Waals surface area (Å²) in [4.78, 5) is 10.9. The summed E-state index contributed by atoms with van der Waals surface area (Å²) < 4.78 is 15.1. The molecule has 3 aromatic rings. The summed E-state index contributed by atoms with van der Waals surface area (Å²) in [6.07, 6.45) is 7.22. The van der Waals surface area contributed by atoms with Crippen molar-refractivity contribution in [1.29, 1.82) is 0 Å². The maximum atomic E-state index is 15.1. The molecule has 2 aliphatic rings. The van der Waals surface area contributed by atoms with Crippen molar-refractivity contribution in [2.45, 2.75) is 44.9 Å². The van der Waals surface area contributed by atoms with Crippen molar-refractivity contribution in [2.24, 2.45) is 4.99 Å². The van der Waals surface area contributed by atoms with Crippen LogP contribution in [0.2, 0.25) is 0 Å². The van der Waals surface area contributed by atoms with Crippen LogP contribution in [0.5, 0.6) is 0 Å². The van der Waals surface area contributed by atoms with Crippen LogP contribution in [0.25, 0.3) is 16.5 Å². The maximum Gasteiger partial charge on any atom is 0.221 e. The van der Waals surface area contributed by atoms with Gasteiger partial charge in [0.2, 0.25) is 12.3 Å². The molecule has 5 rings (SSSR count). The Kier molecular flexibility index (Phi) is 5.61. The van der Waals surface area contributed by atoms with Gasteiger partial charge in [-0.3, -0.25) is 5.10 Å². The van der Waals surface area contributed by atoms with Crippen LogP contribution < -0.4 is 10.6 Å². The van der Waals surface area contributed by atoms with Crippen LogP contribution in [0.1, 0.15) is 43.7 Å². The van der Waals surface area contributed by atoms with Gasteiger partial charge in [0.25, 0.3) is 0 Å². The molecule has 0 saturated carbocycles. The zero-order valence-electron chi connectivity index (χ0n) is 18.3. The molecule has 0 aliphatic carbocycles. The van der Waals surface area contributed by atoms with Crippen LogP contribution in [0.3, 0.4) is 0 Å². The number of nitrogens with zero attached hydrogens (tertiary/aromatic N) is 4. The van der Waals surface area contributed by atoms with Crippen molar-refractivity contribution in [3.63, 3.8) is 0 Å². The lowest BCUT2D eigenvalue weighted by atomic mass is 9.91. The van der Waals surface area contributed by atoms with E-state index in [0.29, 0.717) is 17.3 Å². The molecular weight excluding hydrogens is 405 g/mol. The number of hydrogen-bond acceptors (Lipinski definition) is 6. The number of aromatic nitrogens is 3. The third-order valence-corrected chi connectivity index (χ3v) is 6.24. The summed E-state index contributed by atoms with van der Waals surface area (Å²) >= 11 is 0. The van der Waals surface area contributed by atoms with Gasteiger partial charge in [0.15, 0.2) is 0 Å². The molecule has 166 valence electrons. The minimum atomic E-state index is -0.563. The number of piperidine rings is 1. The number of H-pyrrole nitrogens is 1. The van der Waals surface area contributed by atoms with Crippen molar-refractivity contribution in [2.75, 3.05) is 18.4 Å². The van der Waals surface area contributed by atoms with E-state index in [1.165, 1.54) is 5.56 Å². The first-order valence-corrected chi connectivity index (χ1v) is 11.2. The number of anilines is 1. The Balaban J connectivity index is 1.36. The molecule has 0 radical (unpaired) electrons. The zero-order valence-corrected chi connectivity index (χ0v) is 18.3. The molecule has 1 saturated heterocycles. The summed E-state index contributed by atoms with van der Waals surface area (Å²) in [5.41, 5.74) is 3.34. The quantitative estimate of drug-likeness (QED) is 0.560. The van der Waals surface area contributed by atoms with E-state index in [9.17, 15) is 0 Å². The number of aromatic amines is 1. The Bertz CT molecular complexity index is 1140. The standard InChI is InChI=1S/C24H28FN7/c1-15(2)32-14-20(17-3-4-19-13-28-31-21(19)11-17)23(25)30-24(32)29-22-6-5-18(12-27-22)16-7-9-26-10-8-16/h3-6,11-16,24,26H,7-10H2,1-2H3,(H,27,29)(H,28,31). The van der Waals surface area contributed by atoms with Gasteiger partial charge in [-0.25, -0.2) is 9.98 Å². The van der Waals surface area contributed by atoms with E-state index >= 15 is 4.39 Å². The molecule has 1 fully saturated rings. The van der Waals surface area contributed by atoms with Gasteiger partial charge in [0, 0.05) is 23.8 Å². The lowest BCUT2D eigenvalue weighted by molar-refractivity contribution is 0.250. The third-order valence-electron chi connectivity index (χ3n) is 6.24. The van der Waals surface area contributed by atoms with Gasteiger partial charge in [0.05, 0.1) is 17.3 Å². The Labute approximate surface area is 186 Å². The second-order valence-corrected chi connectivity index (χ2v) is 8.69. The first-order valence-electron chi connectivity index (χ1n) is 11.2. The second kappa shape index (κ2) is 8.70. The maximum absolute atomic E-state index is 15.1. The van der Waals surface area contributed by atoms with E-state index in [1.54, 1.807) is 6.20 Å². The Morgan fingerprint density at radius 2 is 1.97 bits per heavy atom. The van der Waals surface area contributed by atoms with Crippen LogP contribution in [0, 0.1) is 0 Å². The van der Waals surface area contributed by atoms with Gasteiger partial charge >= 0.3 is 0 Å². The van der Waals surface area contributed by atoms with Crippen LogP contribution in [0.4, 0.5) is 10.2 Å².